The van der Waals surface area contributed by atoms with E-state index in [4.69, 9.17) is 12.7 Å². The minimum Gasteiger partial charge on any atom is -0.444 e. The summed E-state index contributed by atoms with van der Waals surface area (Å²) in [5, 5.41) is 0. The summed E-state index contributed by atoms with van der Waals surface area (Å²) in [6, 6.07) is 0. The molecule has 0 spiro atoms. The summed E-state index contributed by atoms with van der Waals surface area (Å²) in [4.78, 5) is 23.0. The summed E-state index contributed by atoms with van der Waals surface area (Å²) < 4.78 is 5.01. The Kier molecular flexibility index (Phi) is 3.19. The van der Waals surface area contributed by atoms with Crippen molar-refractivity contribution < 1.29 is 14.3 Å². The third-order valence-electron chi connectivity index (χ3n) is 2.63. The molecular formula is C9H14BNO3. The number of amides is 1. The average Bonchev–Trinajstić information content (AvgIpc) is 2.48. The van der Waals surface area contributed by atoms with E-state index >= 15 is 0 Å². The molecule has 14 heavy (non-hydrogen) atoms. The van der Waals surface area contributed by atoms with Gasteiger partial charge in [-0.15, -0.1) is 0 Å². The van der Waals surface area contributed by atoms with E-state index < -0.39 is 17.6 Å². The van der Waals surface area contributed by atoms with Crippen molar-refractivity contribution in [2.75, 3.05) is 6.54 Å². The predicted molar refractivity (Wildman–Crippen MR) is 51.8 cm³/mol. The topological polar surface area (TPSA) is 46.6 Å². The highest BCUT2D eigenvalue weighted by molar-refractivity contribution is 6.13. The summed E-state index contributed by atoms with van der Waals surface area (Å²) in [5.74, 6) is 0. The van der Waals surface area contributed by atoms with E-state index in [2.05, 4.69) is 0 Å². The van der Waals surface area contributed by atoms with Crippen LogP contribution in [-0.4, -0.2) is 37.8 Å². The number of hydrogen-bond acceptors (Lipinski definition) is 3. The van der Waals surface area contributed by atoms with Gasteiger partial charge in [0.25, 0.3) is 0 Å². The van der Waals surface area contributed by atoms with Crippen molar-refractivity contribution in [2.24, 2.45) is 5.41 Å². The summed E-state index contributed by atoms with van der Waals surface area (Å²) in [5.41, 5.74) is -0.613. The Morgan fingerprint density at radius 2 is 2.43 bits per heavy atom. The van der Waals surface area contributed by atoms with Crippen LogP contribution in [0.4, 0.5) is 4.79 Å². The Hall–Kier alpha value is -0.995. The zero-order valence-electron chi connectivity index (χ0n) is 8.53. The largest absolute Gasteiger partial charge is 0.444 e. The maximum absolute atomic E-state index is 11.0. The second-order valence-electron chi connectivity index (χ2n) is 3.90. The fourth-order valence-electron chi connectivity index (χ4n) is 1.66. The average molecular weight is 195 g/mol. The molecule has 1 heterocycles. The molecular weight excluding hydrogens is 181 g/mol. The van der Waals surface area contributed by atoms with Crippen molar-refractivity contribution in [3.05, 3.63) is 0 Å². The first-order chi connectivity index (χ1) is 6.53. The van der Waals surface area contributed by atoms with Crippen LogP contribution in [0.1, 0.15) is 26.7 Å². The Balaban J connectivity index is 2.71. The van der Waals surface area contributed by atoms with Gasteiger partial charge in [0.2, 0.25) is 7.98 Å². The molecule has 0 bridgehead atoms. The van der Waals surface area contributed by atoms with Crippen LogP contribution in [0.5, 0.6) is 0 Å². The molecule has 4 nitrogen and oxygen atoms in total. The zero-order chi connectivity index (χ0) is 10.8. The highest BCUT2D eigenvalue weighted by Gasteiger charge is 2.41. The summed E-state index contributed by atoms with van der Waals surface area (Å²) >= 11 is 0. The van der Waals surface area contributed by atoms with Crippen molar-refractivity contribution in [2.45, 2.75) is 32.8 Å². The van der Waals surface area contributed by atoms with E-state index in [9.17, 15) is 9.59 Å². The van der Waals surface area contributed by atoms with E-state index in [0.29, 0.717) is 6.42 Å². The monoisotopic (exact) mass is 195 g/mol. The lowest BCUT2D eigenvalue weighted by molar-refractivity contribution is -0.120. The number of nitrogens with zero attached hydrogens (tertiary/aromatic N) is 1. The van der Waals surface area contributed by atoms with Gasteiger partial charge in [0.05, 0.1) is 5.41 Å². The standard InChI is InChI=1S/C9H14BNO3/c1-3-4-9(2,6-12)7-5-11(10)8(13)14-7/h6-7H,3-5H2,1-2H3. The lowest BCUT2D eigenvalue weighted by atomic mass is 9.81. The van der Waals surface area contributed by atoms with Gasteiger partial charge in [-0.1, -0.05) is 13.3 Å². The number of hydrogen-bond donors (Lipinski definition) is 0. The molecule has 0 aromatic carbocycles. The van der Waals surface area contributed by atoms with Gasteiger partial charge in [0, 0.05) is 6.54 Å². The van der Waals surface area contributed by atoms with E-state index in [1.807, 2.05) is 6.92 Å². The van der Waals surface area contributed by atoms with Crippen LogP contribution in [0.25, 0.3) is 0 Å². The van der Waals surface area contributed by atoms with Crippen molar-refractivity contribution in [3.63, 3.8) is 0 Å². The van der Waals surface area contributed by atoms with Gasteiger partial charge in [0.1, 0.15) is 12.4 Å². The first kappa shape index (κ1) is 11.1. The van der Waals surface area contributed by atoms with E-state index in [1.165, 1.54) is 0 Å². The Bertz CT molecular complexity index is 246. The molecule has 1 amide bonds. The first-order valence-electron chi connectivity index (χ1n) is 4.72. The highest BCUT2D eigenvalue weighted by atomic mass is 16.6. The molecule has 0 aromatic rings. The van der Waals surface area contributed by atoms with Crippen LogP contribution in [0, 0.1) is 5.41 Å². The minimum atomic E-state index is -0.613. The van der Waals surface area contributed by atoms with E-state index in [-0.39, 0.29) is 6.54 Å². The molecule has 0 aromatic heterocycles. The second-order valence-corrected chi connectivity index (χ2v) is 3.90. The normalized spacial score (nSPS) is 25.7. The van der Waals surface area contributed by atoms with Gasteiger partial charge in [-0.25, -0.2) is 4.79 Å². The molecule has 1 aliphatic heterocycles. The van der Waals surface area contributed by atoms with Crippen LogP contribution >= 0.6 is 0 Å². The van der Waals surface area contributed by atoms with Crippen LogP contribution in [0.3, 0.4) is 0 Å². The van der Waals surface area contributed by atoms with Crippen LogP contribution in [0.2, 0.25) is 0 Å². The summed E-state index contributed by atoms with van der Waals surface area (Å²) in [7, 11) is 5.36. The maximum atomic E-state index is 11.0. The van der Waals surface area contributed by atoms with Crippen molar-refractivity contribution >= 4 is 20.4 Å². The number of aldehydes is 1. The minimum absolute atomic E-state index is 0.286. The fourth-order valence-corrected chi connectivity index (χ4v) is 1.66. The fraction of sp³-hybridized carbons (Fsp3) is 0.778. The molecule has 1 saturated heterocycles. The molecule has 76 valence electrons. The quantitative estimate of drug-likeness (QED) is 0.494. The molecule has 5 heteroatoms. The van der Waals surface area contributed by atoms with Gasteiger partial charge < -0.3 is 14.3 Å². The van der Waals surface area contributed by atoms with E-state index in [1.54, 1.807) is 6.92 Å². The molecule has 1 fully saturated rings. The molecule has 0 N–H and O–H groups in total. The van der Waals surface area contributed by atoms with Crippen LogP contribution in [-0.2, 0) is 9.53 Å². The molecule has 1 aliphatic rings. The molecule has 0 aliphatic carbocycles. The number of cyclic esters (lactones) is 1. The van der Waals surface area contributed by atoms with Gasteiger partial charge >= 0.3 is 6.09 Å². The summed E-state index contributed by atoms with van der Waals surface area (Å²) in [6.45, 7) is 4.06. The lowest BCUT2D eigenvalue weighted by Gasteiger charge is -2.27. The Morgan fingerprint density at radius 1 is 1.79 bits per heavy atom. The first-order valence-corrected chi connectivity index (χ1v) is 4.72. The van der Waals surface area contributed by atoms with Crippen molar-refractivity contribution in [1.82, 2.24) is 4.81 Å². The molecule has 1 rings (SSSR count). The molecule has 0 saturated carbocycles. The molecule has 2 radical (unpaired) electrons. The molecule has 2 atom stereocenters. The Labute approximate surface area is 85.0 Å². The van der Waals surface area contributed by atoms with Gasteiger partial charge in [-0.3, -0.25) is 0 Å². The molecule has 2 unspecified atom stereocenters. The Morgan fingerprint density at radius 3 is 2.79 bits per heavy atom. The number of carbonyl (C=O) groups excluding carboxylic acids is 2. The number of rotatable bonds is 4. The number of ether oxygens (including phenoxy) is 1. The SMILES string of the molecule is [B]N1CC(C(C)(C=O)CCC)OC1=O. The highest BCUT2D eigenvalue weighted by Crippen LogP contribution is 2.31. The van der Waals surface area contributed by atoms with Crippen molar-refractivity contribution in [1.29, 1.82) is 0 Å². The number of carbonyl (C=O) groups is 2. The third-order valence-corrected chi connectivity index (χ3v) is 2.63. The predicted octanol–water partition coefficient (Wildman–Crippen LogP) is 0.896. The zero-order valence-corrected chi connectivity index (χ0v) is 8.53. The van der Waals surface area contributed by atoms with Gasteiger partial charge in [0.15, 0.2) is 0 Å². The summed E-state index contributed by atoms with van der Waals surface area (Å²) in [6.07, 6.45) is 1.45. The smallest absolute Gasteiger partial charge is 0.397 e. The third kappa shape index (κ3) is 1.91. The van der Waals surface area contributed by atoms with Crippen LogP contribution in [0.15, 0.2) is 0 Å². The van der Waals surface area contributed by atoms with Gasteiger partial charge in [-0.05, 0) is 13.3 Å². The lowest BCUT2D eigenvalue weighted by Crippen LogP contribution is -2.36. The van der Waals surface area contributed by atoms with Gasteiger partial charge in [-0.2, -0.15) is 0 Å². The second kappa shape index (κ2) is 4.03. The van der Waals surface area contributed by atoms with Crippen molar-refractivity contribution in [3.8, 4) is 0 Å². The van der Waals surface area contributed by atoms with Crippen LogP contribution < -0.4 is 0 Å². The van der Waals surface area contributed by atoms with E-state index in [0.717, 1.165) is 17.5 Å². The maximum Gasteiger partial charge on any atom is 0.397 e.